The fourth-order valence-electron chi connectivity index (χ4n) is 3.40. The summed E-state index contributed by atoms with van der Waals surface area (Å²) in [5.41, 5.74) is 5.87. The predicted octanol–water partition coefficient (Wildman–Crippen LogP) is 1.81. The Balaban J connectivity index is 1.71. The number of carbonyl (C=O) groups is 1. The van der Waals surface area contributed by atoms with Crippen LogP contribution >= 0.6 is 0 Å². The molecular weight excluding hydrogens is 200 g/mol. The van der Waals surface area contributed by atoms with Gasteiger partial charge in [0, 0.05) is 18.5 Å². The van der Waals surface area contributed by atoms with Gasteiger partial charge in [-0.25, -0.2) is 0 Å². The largest absolute Gasteiger partial charge is 0.353 e. The maximum absolute atomic E-state index is 11.8. The number of amides is 1. The van der Waals surface area contributed by atoms with Gasteiger partial charge in [-0.3, -0.25) is 4.79 Å². The molecule has 4 atom stereocenters. The third-order valence-electron chi connectivity index (χ3n) is 4.19. The number of hydrogen-bond donors (Lipinski definition) is 2. The predicted molar refractivity (Wildman–Crippen MR) is 64.9 cm³/mol. The number of nitrogens with one attached hydrogen (secondary N) is 1. The first-order chi connectivity index (χ1) is 7.69. The smallest absolute Gasteiger partial charge is 0.221 e. The van der Waals surface area contributed by atoms with Gasteiger partial charge in [-0.1, -0.05) is 19.8 Å². The molecule has 0 saturated heterocycles. The fourth-order valence-corrected chi connectivity index (χ4v) is 3.40. The van der Waals surface area contributed by atoms with Gasteiger partial charge in [0.15, 0.2) is 0 Å². The Morgan fingerprint density at radius 3 is 2.81 bits per heavy atom. The molecule has 2 aliphatic rings. The summed E-state index contributed by atoms with van der Waals surface area (Å²) in [6.07, 6.45) is 7.75. The van der Waals surface area contributed by atoms with Gasteiger partial charge in [0.05, 0.1) is 0 Å². The van der Waals surface area contributed by atoms with Gasteiger partial charge < -0.3 is 11.1 Å². The molecule has 0 aromatic heterocycles. The zero-order valence-electron chi connectivity index (χ0n) is 10.2. The van der Waals surface area contributed by atoms with Crippen LogP contribution in [0.4, 0.5) is 0 Å². The number of hydrogen-bond acceptors (Lipinski definition) is 2. The number of nitrogens with two attached hydrogens (primary N) is 1. The Hall–Kier alpha value is -0.570. The second-order valence-electron chi connectivity index (χ2n) is 5.60. The molecule has 2 saturated carbocycles. The molecule has 3 N–H and O–H groups in total. The van der Waals surface area contributed by atoms with Crippen LogP contribution in [-0.4, -0.2) is 18.0 Å². The van der Waals surface area contributed by atoms with E-state index in [1.807, 2.05) is 0 Å². The highest BCUT2D eigenvalue weighted by atomic mass is 16.1. The van der Waals surface area contributed by atoms with Crippen LogP contribution in [0.5, 0.6) is 0 Å². The first-order valence-corrected chi connectivity index (χ1v) is 6.74. The molecule has 3 nitrogen and oxygen atoms in total. The van der Waals surface area contributed by atoms with E-state index in [1.165, 1.54) is 25.7 Å². The van der Waals surface area contributed by atoms with Crippen LogP contribution < -0.4 is 11.1 Å². The minimum Gasteiger partial charge on any atom is -0.353 e. The number of carbonyl (C=O) groups excluding carboxylic acids is 1. The Kier molecular flexibility index (Phi) is 3.85. The van der Waals surface area contributed by atoms with E-state index in [9.17, 15) is 4.79 Å². The molecule has 2 bridgehead atoms. The second-order valence-corrected chi connectivity index (χ2v) is 5.60. The highest BCUT2D eigenvalue weighted by Crippen LogP contribution is 2.44. The first-order valence-electron chi connectivity index (χ1n) is 6.74. The fraction of sp³-hybridized carbons (Fsp3) is 0.923. The van der Waals surface area contributed by atoms with Crippen LogP contribution in [0.1, 0.15) is 51.9 Å². The van der Waals surface area contributed by atoms with Crippen LogP contribution in [0.15, 0.2) is 0 Å². The average Bonchev–Trinajstić information content (AvgIpc) is 2.78. The molecule has 0 aromatic carbocycles. The molecule has 2 fully saturated rings. The van der Waals surface area contributed by atoms with Crippen molar-refractivity contribution in [3.63, 3.8) is 0 Å². The van der Waals surface area contributed by atoms with Crippen molar-refractivity contribution in [3.05, 3.63) is 0 Å². The molecule has 0 aliphatic heterocycles. The van der Waals surface area contributed by atoms with Gasteiger partial charge in [0.1, 0.15) is 0 Å². The Morgan fingerprint density at radius 2 is 2.25 bits per heavy atom. The Labute approximate surface area is 98.2 Å². The number of rotatable bonds is 5. The van der Waals surface area contributed by atoms with E-state index in [4.69, 9.17) is 5.73 Å². The summed E-state index contributed by atoms with van der Waals surface area (Å²) >= 11 is 0. The maximum atomic E-state index is 11.8. The molecule has 0 radical (unpaired) electrons. The lowest BCUT2D eigenvalue weighted by molar-refractivity contribution is -0.122. The van der Waals surface area contributed by atoms with Gasteiger partial charge in [0.2, 0.25) is 5.91 Å². The highest BCUT2D eigenvalue weighted by Gasteiger charge is 2.40. The van der Waals surface area contributed by atoms with Crippen molar-refractivity contribution in [2.24, 2.45) is 17.6 Å². The Bertz CT molecular complexity index is 254. The van der Waals surface area contributed by atoms with Crippen LogP contribution in [0.25, 0.3) is 0 Å². The standard InChI is InChI=1S/C13H24N2O/c1-2-3-11(14)8-13(16)15-12-7-9-4-5-10(12)6-9/h9-12H,2-8,14H2,1H3,(H,15,16). The summed E-state index contributed by atoms with van der Waals surface area (Å²) in [6, 6.07) is 0.503. The Morgan fingerprint density at radius 1 is 1.44 bits per heavy atom. The van der Waals surface area contributed by atoms with Crippen molar-refractivity contribution >= 4 is 5.91 Å². The first kappa shape index (κ1) is 11.9. The third-order valence-corrected chi connectivity index (χ3v) is 4.19. The summed E-state index contributed by atoms with van der Waals surface area (Å²) in [5.74, 6) is 1.81. The topological polar surface area (TPSA) is 55.1 Å². The van der Waals surface area contributed by atoms with Crippen molar-refractivity contribution in [2.45, 2.75) is 64.0 Å². The molecule has 2 rings (SSSR count). The van der Waals surface area contributed by atoms with E-state index in [2.05, 4.69) is 12.2 Å². The summed E-state index contributed by atoms with van der Waals surface area (Å²) in [4.78, 5) is 11.8. The molecule has 0 heterocycles. The molecule has 2 aliphatic carbocycles. The molecule has 0 aromatic rings. The van der Waals surface area contributed by atoms with Gasteiger partial charge in [-0.05, 0) is 37.5 Å². The second kappa shape index (κ2) is 5.17. The average molecular weight is 224 g/mol. The molecular formula is C13H24N2O. The minimum atomic E-state index is 0.0450. The van der Waals surface area contributed by atoms with Crippen molar-refractivity contribution in [1.29, 1.82) is 0 Å². The quantitative estimate of drug-likeness (QED) is 0.748. The lowest BCUT2D eigenvalue weighted by atomic mass is 9.95. The lowest BCUT2D eigenvalue weighted by Gasteiger charge is -2.23. The molecule has 16 heavy (non-hydrogen) atoms. The third kappa shape index (κ3) is 2.76. The zero-order valence-corrected chi connectivity index (χ0v) is 10.2. The molecule has 0 spiro atoms. The van der Waals surface area contributed by atoms with Crippen LogP contribution in [0.2, 0.25) is 0 Å². The van der Waals surface area contributed by atoms with E-state index in [0.29, 0.717) is 12.5 Å². The highest BCUT2D eigenvalue weighted by molar-refractivity contribution is 5.77. The van der Waals surface area contributed by atoms with Crippen molar-refractivity contribution in [1.82, 2.24) is 5.32 Å². The summed E-state index contributed by atoms with van der Waals surface area (Å²) in [6.45, 7) is 2.10. The lowest BCUT2D eigenvalue weighted by Crippen LogP contribution is -2.41. The van der Waals surface area contributed by atoms with Gasteiger partial charge in [-0.15, -0.1) is 0 Å². The van der Waals surface area contributed by atoms with Gasteiger partial charge in [-0.2, -0.15) is 0 Å². The van der Waals surface area contributed by atoms with Crippen LogP contribution in [-0.2, 0) is 4.79 Å². The van der Waals surface area contributed by atoms with Gasteiger partial charge in [0.25, 0.3) is 0 Å². The van der Waals surface area contributed by atoms with Crippen molar-refractivity contribution in [3.8, 4) is 0 Å². The SMILES string of the molecule is CCCC(N)CC(=O)NC1CC2CCC1C2. The number of fused-ring (bicyclic) bond motifs is 2. The molecule has 92 valence electrons. The normalized spacial score (nSPS) is 34.0. The van der Waals surface area contributed by atoms with E-state index >= 15 is 0 Å². The van der Waals surface area contributed by atoms with Crippen molar-refractivity contribution in [2.75, 3.05) is 0 Å². The monoisotopic (exact) mass is 224 g/mol. The van der Waals surface area contributed by atoms with E-state index < -0.39 is 0 Å². The zero-order chi connectivity index (χ0) is 11.5. The maximum Gasteiger partial charge on any atom is 0.221 e. The summed E-state index contributed by atoms with van der Waals surface area (Å²) in [7, 11) is 0. The van der Waals surface area contributed by atoms with Gasteiger partial charge >= 0.3 is 0 Å². The van der Waals surface area contributed by atoms with E-state index in [0.717, 1.165) is 24.7 Å². The molecule has 3 heteroatoms. The van der Waals surface area contributed by atoms with Crippen LogP contribution in [0, 0.1) is 11.8 Å². The summed E-state index contributed by atoms with van der Waals surface area (Å²) < 4.78 is 0. The molecule has 1 amide bonds. The van der Waals surface area contributed by atoms with E-state index in [-0.39, 0.29) is 11.9 Å². The van der Waals surface area contributed by atoms with Crippen LogP contribution in [0.3, 0.4) is 0 Å². The minimum absolute atomic E-state index is 0.0450. The van der Waals surface area contributed by atoms with E-state index in [1.54, 1.807) is 0 Å². The van der Waals surface area contributed by atoms with Crippen molar-refractivity contribution < 1.29 is 4.79 Å². The summed E-state index contributed by atoms with van der Waals surface area (Å²) in [5, 5.41) is 3.18. The molecule has 4 unspecified atom stereocenters.